The summed E-state index contributed by atoms with van der Waals surface area (Å²) >= 11 is 3.41. The van der Waals surface area contributed by atoms with Gasteiger partial charge in [0.05, 0.1) is 6.10 Å². The molecule has 1 aromatic rings. The van der Waals surface area contributed by atoms with Gasteiger partial charge in [0.2, 0.25) is 0 Å². The third kappa shape index (κ3) is 3.31. The quantitative estimate of drug-likeness (QED) is 0.877. The predicted molar refractivity (Wildman–Crippen MR) is 78.6 cm³/mol. The molecule has 0 spiro atoms. The third-order valence-corrected chi connectivity index (χ3v) is 4.36. The first kappa shape index (κ1) is 15.6. The maximum atomic E-state index is 10.6. The van der Waals surface area contributed by atoms with Crippen LogP contribution in [0.15, 0.2) is 22.9 Å². The molecule has 18 heavy (non-hydrogen) atoms. The summed E-state index contributed by atoms with van der Waals surface area (Å²) < 4.78 is 0.954. The minimum Gasteiger partial charge on any atom is -0.391 e. The molecule has 1 N–H and O–H groups in total. The van der Waals surface area contributed by atoms with E-state index in [-0.39, 0.29) is 5.54 Å². The van der Waals surface area contributed by atoms with Gasteiger partial charge in [-0.05, 0) is 54.5 Å². The topological polar surface area (TPSA) is 36.4 Å². The van der Waals surface area contributed by atoms with Gasteiger partial charge in [-0.1, -0.05) is 13.8 Å². The third-order valence-electron chi connectivity index (χ3n) is 3.93. The van der Waals surface area contributed by atoms with E-state index in [2.05, 4.69) is 39.7 Å². The number of hydrogen-bond acceptors (Lipinski definition) is 3. The van der Waals surface area contributed by atoms with Crippen LogP contribution in [0, 0.1) is 0 Å². The van der Waals surface area contributed by atoms with Crippen molar-refractivity contribution in [2.75, 3.05) is 14.1 Å². The molecule has 0 fully saturated rings. The number of rotatable bonds is 6. The first-order valence-electron chi connectivity index (χ1n) is 6.41. The number of aliphatic hydroxyl groups excluding tert-OH is 1. The van der Waals surface area contributed by atoms with Crippen molar-refractivity contribution in [3.8, 4) is 0 Å². The van der Waals surface area contributed by atoms with Gasteiger partial charge in [0.1, 0.15) is 0 Å². The zero-order valence-electron chi connectivity index (χ0n) is 11.7. The Hall–Kier alpha value is -0.450. The highest BCUT2D eigenvalue weighted by Gasteiger charge is 2.36. The largest absolute Gasteiger partial charge is 0.391 e. The average Bonchev–Trinajstić information content (AvgIpc) is 2.30. The highest BCUT2D eigenvalue weighted by Crippen LogP contribution is 2.28. The number of pyridine rings is 1. The van der Waals surface area contributed by atoms with Crippen LogP contribution in [0.5, 0.6) is 0 Å². The van der Waals surface area contributed by atoms with E-state index < -0.39 is 6.10 Å². The predicted octanol–water partition coefficient (Wildman–Crippen LogP) is 2.87. The Bertz CT molecular complexity index is 378. The summed E-state index contributed by atoms with van der Waals surface area (Å²) in [7, 11) is 4.07. The Morgan fingerprint density at radius 2 is 1.94 bits per heavy atom. The summed E-state index contributed by atoms with van der Waals surface area (Å²) in [5, 5.41) is 10.6. The van der Waals surface area contributed by atoms with Crippen molar-refractivity contribution in [1.29, 1.82) is 0 Å². The lowest BCUT2D eigenvalue weighted by molar-refractivity contribution is -0.0126. The standard InChI is InChI=1S/C14H23BrN2O/c1-5-14(6-2,17(3)4)13(18)8-11-7-12(15)10-16-9-11/h7,9-10,13,18H,5-6,8H2,1-4H3. The lowest BCUT2D eigenvalue weighted by Crippen LogP contribution is -2.53. The second kappa shape index (κ2) is 6.64. The molecule has 1 unspecified atom stereocenters. The number of nitrogens with zero attached hydrogens (tertiary/aromatic N) is 2. The van der Waals surface area contributed by atoms with Gasteiger partial charge in [-0.15, -0.1) is 0 Å². The normalized spacial score (nSPS) is 13.9. The summed E-state index contributed by atoms with van der Waals surface area (Å²) in [4.78, 5) is 6.29. The van der Waals surface area contributed by atoms with Crippen LogP contribution in [0.2, 0.25) is 0 Å². The molecule has 0 aliphatic carbocycles. The van der Waals surface area contributed by atoms with Crippen molar-refractivity contribution < 1.29 is 5.11 Å². The molecular formula is C14H23BrN2O. The van der Waals surface area contributed by atoms with E-state index in [9.17, 15) is 5.11 Å². The van der Waals surface area contributed by atoms with Crippen molar-refractivity contribution in [3.05, 3.63) is 28.5 Å². The fraction of sp³-hybridized carbons (Fsp3) is 0.643. The van der Waals surface area contributed by atoms with Crippen molar-refractivity contribution in [3.63, 3.8) is 0 Å². The molecule has 0 bridgehead atoms. The Kier molecular flexibility index (Phi) is 5.76. The lowest BCUT2D eigenvalue weighted by atomic mass is 9.82. The molecular weight excluding hydrogens is 292 g/mol. The summed E-state index contributed by atoms with van der Waals surface area (Å²) in [5.41, 5.74) is 0.896. The molecule has 0 aliphatic rings. The minimum absolute atomic E-state index is 0.164. The fourth-order valence-electron chi connectivity index (χ4n) is 2.63. The van der Waals surface area contributed by atoms with Crippen LogP contribution < -0.4 is 0 Å². The number of aliphatic hydroxyl groups is 1. The first-order valence-corrected chi connectivity index (χ1v) is 7.20. The molecule has 0 amide bonds. The van der Waals surface area contributed by atoms with Crippen molar-refractivity contribution >= 4 is 15.9 Å². The molecule has 0 radical (unpaired) electrons. The maximum Gasteiger partial charge on any atom is 0.0764 e. The molecule has 1 atom stereocenters. The fourth-order valence-corrected chi connectivity index (χ4v) is 3.04. The second-order valence-corrected chi connectivity index (χ2v) is 5.85. The molecule has 1 heterocycles. The number of aromatic nitrogens is 1. The summed E-state index contributed by atoms with van der Waals surface area (Å²) in [6.07, 6.45) is 5.68. The smallest absolute Gasteiger partial charge is 0.0764 e. The summed E-state index contributed by atoms with van der Waals surface area (Å²) in [6, 6.07) is 2.02. The van der Waals surface area contributed by atoms with E-state index in [0.29, 0.717) is 6.42 Å². The number of halogens is 1. The SMILES string of the molecule is CCC(CC)(C(O)Cc1cncc(Br)c1)N(C)C. The zero-order chi connectivity index (χ0) is 13.8. The van der Waals surface area contributed by atoms with E-state index in [1.165, 1.54) is 0 Å². The molecule has 1 aromatic heterocycles. The lowest BCUT2D eigenvalue weighted by Gasteiger charge is -2.42. The van der Waals surface area contributed by atoms with Gasteiger partial charge in [0, 0.05) is 28.8 Å². The maximum absolute atomic E-state index is 10.6. The zero-order valence-corrected chi connectivity index (χ0v) is 13.2. The van der Waals surface area contributed by atoms with E-state index in [1.807, 2.05) is 26.4 Å². The monoisotopic (exact) mass is 314 g/mol. The van der Waals surface area contributed by atoms with E-state index in [0.717, 1.165) is 22.9 Å². The van der Waals surface area contributed by atoms with Crippen LogP contribution in [0.1, 0.15) is 32.3 Å². The highest BCUT2D eigenvalue weighted by atomic mass is 79.9. The van der Waals surface area contributed by atoms with Gasteiger partial charge in [0.25, 0.3) is 0 Å². The van der Waals surface area contributed by atoms with Crippen molar-refractivity contribution in [2.45, 2.75) is 44.8 Å². The van der Waals surface area contributed by atoms with E-state index in [1.54, 1.807) is 6.20 Å². The van der Waals surface area contributed by atoms with E-state index in [4.69, 9.17) is 0 Å². The molecule has 1 rings (SSSR count). The molecule has 3 nitrogen and oxygen atoms in total. The van der Waals surface area contributed by atoms with Crippen LogP contribution in [-0.4, -0.2) is 40.7 Å². The van der Waals surface area contributed by atoms with Crippen molar-refractivity contribution in [2.24, 2.45) is 0 Å². The highest BCUT2D eigenvalue weighted by molar-refractivity contribution is 9.10. The molecule has 0 saturated carbocycles. The van der Waals surface area contributed by atoms with Crippen LogP contribution >= 0.6 is 15.9 Å². The van der Waals surface area contributed by atoms with Gasteiger partial charge in [-0.3, -0.25) is 4.98 Å². The Morgan fingerprint density at radius 3 is 2.39 bits per heavy atom. The molecule has 0 aliphatic heterocycles. The van der Waals surface area contributed by atoms with Crippen LogP contribution in [0.3, 0.4) is 0 Å². The average molecular weight is 315 g/mol. The van der Waals surface area contributed by atoms with Gasteiger partial charge in [0.15, 0.2) is 0 Å². The Balaban J connectivity index is 2.88. The van der Waals surface area contributed by atoms with Crippen LogP contribution in [-0.2, 0) is 6.42 Å². The molecule has 0 saturated heterocycles. The first-order chi connectivity index (χ1) is 8.46. The summed E-state index contributed by atoms with van der Waals surface area (Å²) in [6.45, 7) is 4.26. The summed E-state index contributed by atoms with van der Waals surface area (Å²) in [5.74, 6) is 0. The Labute approximate surface area is 118 Å². The second-order valence-electron chi connectivity index (χ2n) is 4.94. The number of hydrogen-bond donors (Lipinski definition) is 1. The van der Waals surface area contributed by atoms with Crippen LogP contribution in [0.4, 0.5) is 0 Å². The molecule has 0 aromatic carbocycles. The Morgan fingerprint density at radius 1 is 1.33 bits per heavy atom. The number of likely N-dealkylation sites (N-methyl/N-ethyl adjacent to an activating group) is 1. The molecule has 4 heteroatoms. The van der Waals surface area contributed by atoms with Crippen LogP contribution in [0.25, 0.3) is 0 Å². The van der Waals surface area contributed by atoms with Gasteiger partial charge >= 0.3 is 0 Å². The van der Waals surface area contributed by atoms with Gasteiger partial charge in [-0.2, -0.15) is 0 Å². The van der Waals surface area contributed by atoms with Gasteiger partial charge < -0.3 is 10.0 Å². The van der Waals surface area contributed by atoms with E-state index >= 15 is 0 Å². The minimum atomic E-state index is -0.390. The van der Waals surface area contributed by atoms with Crippen molar-refractivity contribution in [1.82, 2.24) is 9.88 Å². The van der Waals surface area contributed by atoms with Gasteiger partial charge in [-0.25, -0.2) is 0 Å². The molecule has 102 valence electrons.